The van der Waals surface area contributed by atoms with Gasteiger partial charge < -0.3 is 4.90 Å². The van der Waals surface area contributed by atoms with Gasteiger partial charge in [0.05, 0.1) is 11.8 Å². The van der Waals surface area contributed by atoms with Gasteiger partial charge >= 0.3 is 0 Å². The molecule has 1 saturated heterocycles. The highest BCUT2D eigenvalue weighted by molar-refractivity contribution is 6.36. The SMILES string of the molecule is CC1(c2nn[nH]n2)CN(C(=O)Cc2c(Cl)cccc2Cl)C1. The molecule has 0 radical (unpaired) electrons. The Morgan fingerprint density at radius 2 is 2.05 bits per heavy atom. The zero-order valence-corrected chi connectivity index (χ0v) is 12.8. The summed E-state index contributed by atoms with van der Waals surface area (Å²) in [5, 5.41) is 15.0. The molecule has 0 saturated carbocycles. The third-order valence-electron chi connectivity index (χ3n) is 3.71. The predicted molar refractivity (Wildman–Crippen MR) is 78.3 cm³/mol. The van der Waals surface area contributed by atoms with E-state index in [1.54, 1.807) is 23.1 Å². The first kappa shape index (κ1) is 14.3. The molecule has 21 heavy (non-hydrogen) atoms. The zero-order valence-electron chi connectivity index (χ0n) is 11.3. The molecule has 1 N–H and O–H groups in total. The first-order valence-electron chi connectivity index (χ1n) is 6.44. The lowest BCUT2D eigenvalue weighted by molar-refractivity contribution is -0.138. The van der Waals surface area contributed by atoms with E-state index in [2.05, 4.69) is 20.6 Å². The summed E-state index contributed by atoms with van der Waals surface area (Å²) in [5.74, 6) is 0.619. The van der Waals surface area contributed by atoms with Crippen molar-refractivity contribution >= 4 is 29.1 Å². The number of rotatable bonds is 3. The largest absolute Gasteiger partial charge is 0.340 e. The summed E-state index contributed by atoms with van der Waals surface area (Å²) in [7, 11) is 0. The van der Waals surface area contributed by atoms with Crippen molar-refractivity contribution < 1.29 is 4.79 Å². The third kappa shape index (κ3) is 2.61. The Balaban J connectivity index is 1.66. The van der Waals surface area contributed by atoms with Crippen molar-refractivity contribution in [2.45, 2.75) is 18.8 Å². The molecule has 1 aliphatic rings. The normalized spacial score (nSPS) is 16.6. The summed E-state index contributed by atoms with van der Waals surface area (Å²) >= 11 is 12.2. The van der Waals surface area contributed by atoms with E-state index < -0.39 is 0 Å². The van der Waals surface area contributed by atoms with Crippen LogP contribution in [0.4, 0.5) is 0 Å². The monoisotopic (exact) mass is 325 g/mol. The van der Waals surface area contributed by atoms with Crippen LogP contribution in [-0.2, 0) is 16.6 Å². The Bertz CT molecular complexity index is 647. The molecule has 1 aromatic carbocycles. The number of halogens is 2. The Hall–Kier alpha value is -1.66. The summed E-state index contributed by atoms with van der Waals surface area (Å²) in [6, 6.07) is 5.22. The van der Waals surface area contributed by atoms with E-state index in [1.165, 1.54) is 0 Å². The summed E-state index contributed by atoms with van der Waals surface area (Å²) in [5.41, 5.74) is 0.423. The molecule has 0 bridgehead atoms. The molecule has 0 unspecified atom stereocenters. The number of H-pyrrole nitrogens is 1. The fourth-order valence-corrected chi connectivity index (χ4v) is 3.03. The molecule has 0 spiro atoms. The van der Waals surface area contributed by atoms with Crippen molar-refractivity contribution in [2.24, 2.45) is 0 Å². The van der Waals surface area contributed by atoms with Gasteiger partial charge in [-0.2, -0.15) is 5.21 Å². The molecule has 1 amide bonds. The van der Waals surface area contributed by atoms with Crippen LogP contribution in [0, 0.1) is 0 Å². The molecule has 3 rings (SSSR count). The number of hydrogen-bond donors (Lipinski definition) is 1. The number of nitrogens with zero attached hydrogens (tertiary/aromatic N) is 4. The van der Waals surface area contributed by atoms with Gasteiger partial charge in [0.2, 0.25) is 5.91 Å². The van der Waals surface area contributed by atoms with Crippen molar-refractivity contribution in [3.63, 3.8) is 0 Å². The molecule has 1 aromatic heterocycles. The summed E-state index contributed by atoms with van der Waals surface area (Å²) in [4.78, 5) is 14.0. The topological polar surface area (TPSA) is 74.8 Å². The number of aromatic amines is 1. The van der Waals surface area contributed by atoms with Gasteiger partial charge in [0.25, 0.3) is 0 Å². The van der Waals surface area contributed by atoms with Gasteiger partial charge in [0, 0.05) is 23.1 Å². The molecule has 1 fully saturated rings. The van der Waals surface area contributed by atoms with Crippen molar-refractivity contribution in [3.05, 3.63) is 39.6 Å². The number of carbonyl (C=O) groups excluding carboxylic acids is 1. The molecule has 8 heteroatoms. The van der Waals surface area contributed by atoms with Crippen LogP contribution in [-0.4, -0.2) is 44.5 Å². The van der Waals surface area contributed by atoms with Crippen LogP contribution in [0.2, 0.25) is 10.0 Å². The van der Waals surface area contributed by atoms with E-state index in [0.717, 1.165) is 0 Å². The van der Waals surface area contributed by atoms with E-state index >= 15 is 0 Å². The molecular weight excluding hydrogens is 313 g/mol. The maximum absolute atomic E-state index is 12.3. The fraction of sp³-hybridized carbons (Fsp3) is 0.385. The molecule has 2 aromatic rings. The molecular formula is C13H13Cl2N5O. The van der Waals surface area contributed by atoms with Crippen LogP contribution in [0.15, 0.2) is 18.2 Å². The van der Waals surface area contributed by atoms with Gasteiger partial charge in [0.1, 0.15) is 0 Å². The summed E-state index contributed by atoms with van der Waals surface area (Å²) in [6.45, 7) is 3.13. The Kier molecular flexibility index (Phi) is 3.59. The number of nitrogens with one attached hydrogen (secondary N) is 1. The molecule has 0 atom stereocenters. The lowest BCUT2D eigenvalue weighted by Crippen LogP contribution is -2.60. The van der Waals surface area contributed by atoms with E-state index in [1.807, 2.05) is 6.92 Å². The highest BCUT2D eigenvalue weighted by atomic mass is 35.5. The van der Waals surface area contributed by atoms with E-state index in [9.17, 15) is 4.79 Å². The number of aromatic nitrogens is 4. The highest BCUT2D eigenvalue weighted by Crippen LogP contribution is 2.33. The van der Waals surface area contributed by atoms with Crippen molar-refractivity contribution in [2.75, 3.05) is 13.1 Å². The number of benzene rings is 1. The number of tetrazole rings is 1. The van der Waals surface area contributed by atoms with Crippen molar-refractivity contribution in [1.82, 2.24) is 25.5 Å². The Morgan fingerprint density at radius 3 is 2.62 bits per heavy atom. The minimum Gasteiger partial charge on any atom is -0.340 e. The first-order valence-corrected chi connectivity index (χ1v) is 7.20. The summed E-state index contributed by atoms with van der Waals surface area (Å²) in [6.07, 6.45) is 0.195. The maximum Gasteiger partial charge on any atom is 0.227 e. The Morgan fingerprint density at radius 1 is 1.38 bits per heavy atom. The van der Waals surface area contributed by atoms with Crippen LogP contribution >= 0.6 is 23.2 Å². The van der Waals surface area contributed by atoms with Crippen LogP contribution in [0.25, 0.3) is 0 Å². The lowest BCUT2D eigenvalue weighted by Gasteiger charge is -2.46. The average molecular weight is 326 g/mol. The molecule has 6 nitrogen and oxygen atoms in total. The number of amides is 1. The molecule has 0 aliphatic carbocycles. The van der Waals surface area contributed by atoms with Crippen LogP contribution in [0.5, 0.6) is 0 Å². The zero-order chi connectivity index (χ0) is 15.0. The number of hydrogen-bond acceptors (Lipinski definition) is 4. The van der Waals surface area contributed by atoms with Gasteiger partial charge in [-0.15, -0.1) is 10.2 Å². The fourth-order valence-electron chi connectivity index (χ4n) is 2.50. The number of carbonyl (C=O) groups is 1. The van der Waals surface area contributed by atoms with Gasteiger partial charge in [-0.1, -0.05) is 34.5 Å². The highest BCUT2D eigenvalue weighted by Gasteiger charge is 2.45. The van der Waals surface area contributed by atoms with Crippen molar-refractivity contribution in [1.29, 1.82) is 0 Å². The van der Waals surface area contributed by atoms with Crippen LogP contribution < -0.4 is 0 Å². The maximum atomic E-state index is 12.3. The van der Waals surface area contributed by atoms with Crippen LogP contribution in [0.1, 0.15) is 18.3 Å². The van der Waals surface area contributed by atoms with Crippen LogP contribution in [0.3, 0.4) is 0 Å². The second-order valence-corrected chi connectivity index (χ2v) is 6.24. The molecule has 1 aliphatic heterocycles. The molecule has 110 valence electrons. The van der Waals surface area contributed by atoms with E-state index in [0.29, 0.717) is 34.5 Å². The van der Waals surface area contributed by atoms with Gasteiger partial charge in [-0.05, 0) is 24.6 Å². The van der Waals surface area contributed by atoms with E-state index in [4.69, 9.17) is 23.2 Å². The number of likely N-dealkylation sites (tertiary alicyclic amines) is 1. The van der Waals surface area contributed by atoms with Gasteiger partial charge in [-0.25, -0.2) is 0 Å². The first-order chi connectivity index (χ1) is 9.99. The standard InChI is InChI=1S/C13H13Cl2N5O/c1-13(12-16-18-19-17-12)6-20(7-13)11(21)5-8-9(14)3-2-4-10(8)15/h2-4H,5-7H2,1H3,(H,16,17,18,19). The van der Waals surface area contributed by atoms with Gasteiger partial charge in [0.15, 0.2) is 5.82 Å². The quantitative estimate of drug-likeness (QED) is 0.934. The van der Waals surface area contributed by atoms with Gasteiger partial charge in [-0.3, -0.25) is 4.79 Å². The minimum absolute atomic E-state index is 0.00836. The minimum atomic E-state index is -0.243. The second-order valence-electron chi connectivity index (χ2n) is 5.42. The average Bonchev–Trinajstić information content (AvgIpc) is 2.93. The lowest BCUT2D eigenvalue weighted by atomic mass is 9.81. The predicted octanol–water partition coefficient (Wildman–Crippen LogP) is 1.85. The Labute approximate surface area is 131 Å². The second kappa shape index (κ2) is 5.27. The molecule has 2 heterocycles. The summed E-state index contributed by atoms with van der Waals surface area (Å²) < 4.78 is 0. The third-order valence-corrected chi connectivity index (χ3v) is 4.42. The smallest absolute Gasteiger partial charge is 0.227 e. The van der Waals surface area contributed by atoms with E-state index in [-0.39, 0.29) is 17.7 Å². The van der Waals surface area contributed by atoms with Crippen molar-refractivity contribution in [3.8, 4) is 0 Å².